The minimum Gasteiger partial charge on any atom is -0.463 e. The number of rotatable bonds is 3. The van der Waals surface area contributed by atoms with Crippen LogP contribution in [-0.4, -0.2) is 24.6 Å². The van der Waals surface area contributed by atoms with Crippen molar-refractivity contribution in [2.45, 2.75) is 45.6 Å². The summed E-state index contributed by atoms with van der Waals surface area (Å²) in [7, 11) is 0. The Morgan fingerprint density at radius 1 is 1.55 bits per heavy atom. The Morgan fingerprint density at radius 2 is 2.25 bits per heavy atom. The van der Waals surface area contributed by atoms with E-state index < -0.39 is 0 Å². The zero-order valence-corrected chi connectivity index (χ0v) is 11.9. The highest BCUT2D eigenvalue weighted by Gasteiger charge is 2.35. The lowest BCUT2D eigenvalue weighted by molar-refractivity contribution is -0.139. The van der Waals surface area contributed by atoms with Crippen molar-refractivity contribution in [3.8, 4) is 6.19 Å². The van der Waals surface area contributed by atoms with E-state index in [2.05, 4.69) is 15.6 Å². The molecule has 0 spiro atoms. The van der Waals surface area contributed by atoms with Gasteiger partial charge in [0.15, 0.2) is 6.19 Å². The highest BCUT2D eigenvalue weighted by molar-refractivity contribution is 5.95. The van der Waals surface area contributed by atoms with E-state index in [4.69, 9.17) is 10.00 Å². The summed E-state index contributed by atoms with van der Waals surface area (Å²) >= 11 is 0. The molecule has 1 unspecified atom stereocenters. The van der Waals surface area contributed by atoms with E-state index in [0.29, 0.717) is 29.8 Å². The molecule has 6 heteroatoms. The summed E-state index contributed by atoms with van der Waals surface area (Å²) in [6.45, 7) is 3.96. The fourth-order valence-corrected chi connectivity index (χ4v) is 2.92. The topological polar surface area (TPSA) is 86.5 Å². The molecule has 20 heavy (non-hydrogen) atoms. The zero-order chi connectivity index (χ0) is 14.5. The fraction of sp³-hybridized carbons (Fsp3) is 0.643. The number of esters is 1. The molecule has 2 rings (SSSR count). The molecule has 1 fully saturated rings. The Balaban J connectivity index is 2.28. The molecular formula is C14H20N4O2. The van der Waals surface area contributed by atoms with Gasteiger partial charge in [0, 0.05) is 5.70 Å². The van der Waals surface area contributed by atoms with Crippen LogP contribution in [0.25, 0.3) is 0 Å². The standard InChI is InChI=1S/C14H20N4O2/c1-3-20-13(19)11-9(2)17-14(16-8-15)18-12(11)10-6-4-5-7-10/h10,12H,3-7H2,1-2H3,(H2,16,17,18). The first-order valence-electron chi connectivity index (χ1n) is 7.05. The molecule has 6 nitrogen and oxygen atoms in total. The molecular weight excluding hydrogens is 256 g/mol. The van der Waals surface area contributed by atoms with Gasteiger partial charge in [-0.3, -0.25) is 5.32 Å². The number of nitrogens with zero attached hydrogens (tertiary/aromatic N) is 2. The van der Waals surface area contributed by atoms with E-state index in [1.54, 1.807) is 6.92 Å². The maximum atomic E-state index is 12.2. The third-order valence-electron chi connectivity index (χ3n) is 3.79. The van der Waals surface area contributed by atoms with Crippen molar-refractivity contribution in [2.24, 2.45) is 10.9 Å². The zero-order valence-electron chi connectivity index (χ0n) is 11.9. The molecule has 2 N–H and O–H groups in total. The molecule has 1 aliphatic carbocycles. The maximum Gasteiger partial charge on any atom is 0.337 e. The Bertz CT molecular complexity index is 484. The van der Waals surface area contributed by atoms with Gasteiger partial charge < -0.3 is 10.1 Å². The van der Waals surface area contributed by atoms with Gasteiger partial charge in [-0.15, -0.1) is 0 Å². The van der Waals surface area contributed by atoms with Crippen LogP contribution in [0.15, 0.2) is 16.3 Å². The second-order valence-corrected chi connectivity index (χ2v) is 5.09. The number of guanidine groups is 1. The molecule has 2 aliphatic rings. The highest BCUT2D eigenvalue weighted by Crippen LogP contribution is 2.34. The Morgan fingerprint density at radius 3 is 2.85 bits per heavy atom. The minimum absolute atomic E-state index is 0.214. The number of hydrogen-bond acceptors (Lipinski definition) is 6. The van der Waals surface area contributed by atoms with Gasteiger partial charge in [0.1, 0.15) is 0 Å². The van der Waals surface area contributed by atoms with Crippen LogP contribution in [0.1, 0.15) is 39.5 Å². The molecule has 108 valence electrons. The van der Waals surface area contributed by atoms with Gasteiger partial charge in [-0.2, -0.15) is 5.26 Å². The number of ether oxygens (including phenoxy) is 1. The molecule has 1 aliphatic heterocycles. The summed E-state index contributed by atoms with van der Waals surface area (Å²) < 4.78 is 5.15. The number of aliphatic imine (C=N–C) groups is 1. The summed E-state index contributed by atoms with van der Waals surface area (Å²) in [5.74, 6) is 0.450. The van der Waals surface area contributed by atoms with Gasteiger partial charge in [0.25, 0.3) is 0 Å². The van der Waals surface area contributed by atoms with Crippen LogP contribution in [0.2, 0.25) is 0 Å². The van der Waals surface area contributed by atoms with Gasteiger partial charge in [-0.25, -0.2) is 9.79 Å². The first kappa shape index (κ1) is 14.4. The smallest absolute Gasteiger partial charge is 0.337 e. The highest BCUT2D eigenvalue weighted by atomic mass is 16.5. The third kappa shape index (κ3) is 2.93. The van der Waals surface area contributed by atoms with Crippen molar-refractivity contribution >= 4 is 11.9 Å². The Hall–Kier alpha value is -2.03. The number of carbonyl (C=O) groups excluding carboxylic acids is 1. The van der Waals surface area contributed by atoms with Gasteiger partial charge in [0.05, 0.1) is 18.2 Å². The average Bonchev–Trinajstić information content (AvgIpc) is 2.92. The van der Waals surface area contributed by atoms with Gasteiger partial charge in [-0.1, -0.05) is 12.8 Å². The molecule has 1 atom stereocenters. The van der Waals surface area contributed by atoms with Crippen LogP contribution in [0.4, 0.5) is 0 Å². The van der Waals surface area contributed by atoms with Crippen LogP contribution in [0.5, 0.6) is 0 Å². The summed E-state index contributed by atoms with van der Waals surface area (Å²) in [6, 6.07) is -0.214. The quantitative estimate of drug-likeness (QED) is 0.462. The van der Waals surface area contributed by atoms with Gasteiger partial charge >= 0.3 is 5.97 Å². The number of carbonyl (C=O) groups is 1. The lowest BCUT2D eigenvalue weighted by Crippen LogP contribution is -2.43. The van der Waals surface area contributed by atoms with E-state index in [1.165, 1.54) is 12.8 Å². The Labute approximate surface area is 118 Å². The molecule has 0 aromatic heterocycles. The molecule has 1 heterocycles. The summed E-state index contributed by atoms with van der Waals surface area (Å²) in [5, 5.41) is 14.2. The van der Waals surface area contributed by atoms with E-state index in [-0.39, 0.29) is 12.0 Å². The molecule has 1 saturated carbocycles. The third-order valence-corrected chi connectivity index (χ3v) is 3.79. The molecule has 0 radical (unpaired) electrons. The van der Waals surface area contributed by atoms with Gasteiger partial charge in [-0.05, 0) is 32.6 Å². The predicted molar refractivity (Wildman–Crippen MR) is 74.4 cm³/mol. The maximum absolute atomic E-state index is 12.2. The van der Waals surface area contributed by atoms with E-state index in [9.17, 15) is 4.79 Å². The molecule has 0 bridgehead atoms. The lowest BCUT2D eigenvalue weighted by Gasteiger charge is -2.28. The molecule has 0 aromatic rings. The van der Waals surface area contributed by atoms with Crippen LogP contribution in [0.3, 0.4) is 0 Å². The van der Waals surface area contributed by atoms with E-state index in [1.807, 2.05) is 13.1 Å². The monoisotopic (exact) mass is 276 g/mol. The number of nitrogens with one attached hydrogen (secondary N) is 2. The van der Waals surface area contributed by atoms with Gasteiger partial charge in [0.2, 0.25) is 5.96 Å². The normalized spacial score (nSPS) is 22.9. The fourth-order valence-electron chi connectivity index (χ4n) is 2.92. The van der Waals surface area contributed by atoms with Crippen LogP contribution < -0.4 is 10.6 Å². The molecule has 0 aromatic carbocycles. The van der Waals surface area contributed by atoms with Crippen molar-refractivity contribution in [1.29, 1.82) is 5.26 Å². The van der Waals surface area contributed by atoms with Crippen molar-refractivity contribution in [1.82, 2.24) is 10.6 Å². The van der Waals surface area contributed by atoms with Crippen molar-refractivity contribution < 1.29 is 9.53 Å². The predicted octanol–water partition coefficient (Wildman–Crippen LogP) is 1.41. The summed E-state index contributed by atoms with van der Waals surface area (Å²) in [5.41, 5.74) is 1.32. The van der Waals surface area contributed by atoms with Crippen LogP contribution in [-0.2, 0) is 9.53 Å². The van der Waals surface area contributed by atoms with Crippen LogP contribution >= 0.6 is 0 Å². The first-order chi connectivity index (χ1) is 9.67. The molecule has 0 saturated heterocycles. The minimum atomic E-state index is -0.311. The van der Waals surface area contributed by atoms with E-state index >= 15 is 0 Å². The van der Waals surface area contributed by atoms with Crippen molar-refractivity contribution in [3.63, 3.8) is 0 Å². The summed E-state index contributed by atoms with van der Waals surface area (Å²) in [6.07, 6.45) is 6.31. The van der Waals surface area contributed by atoms with Crippen molar-refractivity contribution in [3.05, 3.63) is 11.3 Å². The average molecular weight is 276 g/mol. The number of nitriles is 1. The molecule has 0 amide bonds. The second-order valence-electron chi connectivity index (χ2n) is 5.09. The lowest BCUT2D eigenvalue weighted by atomic mass is 9.90. The first-order valence-corrected chi connectivity index (χ1v) is 7.05. The van der Waals surface area contributed by atoms with E-state index in [0.717, 1.165) is 12.8 Å². The Kier molecular flexibility index (Phi) is 4.61. The second kappa shape index (κ2) is 6.42. The van der Waals surface area contributed by atoms with Crippen molar-refractivity contribution in [2.75, 3.05) is 6.61 Å². The largest absolute Gasteiger partial charge is 0.463 e. The SMILES string of the molecule is CCOC(=O)C1=C(C)NC(NC#N)=NC1C1CCCC1. The van der Waals surface area contributed by atoms with Crippen LogP contribution in [0, 0.1) is 17.4 Å². The summed E-state index contributed by atoms with van der Waals surface area (Å²) in [4.78, 5) is 16.7. The number of hydrogen-bond donors (Lipinski definition) is 2. The number of allylic oxidation sites excluding steroid dienone is 1.